The molecule has 7 heteroatoms. The first-order valence-corrected chi connectivity index (χ1v) is 12.4. The van der Waals surface area contributed by atoms with Crippen LogP contribution in [0.3, 0.4) is 0 Å². The molecule has 0 radical (unpaired) electrons. The highest BCUT2D eigenvalue weighted by Gasteiger charge is 2.17. The van der Waals surface area contributed by atoms with Crippen molar-refractivity contribution in [1.29, 1.82) is 5.26 Å². The molecular formula is C30H25N3O3S. The Morgan fingerprint density at radius 1 is 1.05 bits per heavy atom. The van der Waals surface area contributed by atoms with E-state index < -0.39 is 5.91 Å². The molecule has 6 nitrogen and oxygen atoms in total. The van der Waals surface area contributed by atoms with E-state index in [9.17, 15) is 14.9 Å². The summed E-state index contributed by atoms with van der Waals surface area (Å²) in [6.07, 6.45) is 3.36. The van der Waals surface area contributed by atoms with E-state index in [1.165, 1.54) is 4.57 Å². The number of para-hydroxylation sites is 1. The zero-order chi connectivity index (χ0) is 26.4. The Morgan fingerprint density at radius 3 is 2.35 bits per heavy atom. The third-order valence-corrected chi connectivity index (χ3v) is 6.63. The predicted octanol–water partition coefficient (Wildman–Crippen LogP) is 4.22. The van der Waals surface area contributed by atoms with Crippen molar-refractivity contribution in [2.75, 3.05) is 11.9 Å². The van der Waals surface area contributed by atoms with Gasteiger partial charge in [-0.1, -0.05) is 66.2 Å². The molecule has 4 aromatic rings. The second-order valence-electron chi connectivity index (χ2n) is 8.34. The summed E-state index contributed by atoms with van der Waals surface area (Å²) in [6.45, 7) is 7.89. The van der Waals surface area contributed by atoms with Crippen LogP contribution >= 0.6 is 11.3 Å². The molecule has 184 valence electrons. The van der Waals surface area contributed by atoms with Gasteiger partial charge in [0.2, 0.25) is 0 Å². The predicted molar refractivity (Wildman–Crippen MR) is 148 cm³/mol. The van der Waals surface area contributed by atoms with Gasteiger partial charge in [-0.3, -0.25) is 14.2 Å². The Hall–Kier alpha value is -4.67. The lowest BCUT2D eigenvalue weighted by Gasteiger charge is -2.06. The molecule has 0 aliphatic rings. The van der Waals surface area contributed by atoms with E-state index >= 15 is 0 Å². The Morgan fingerprint density at radius 2 is 1.70 bits per heavy atom. The molecule has 0 fully saturated rings. The summed E-state index contributed by atoms with van der Waals surface area (Å²) >= 11 is 1.09. The Labute approximate surface area is 218 Å². The Balaban J connectivity index is 1.94. The maximum absolute atomic E-state index is 13.7. The van der Waals surface area contributed by atoms with E-state index in [0.717, 1.165) is 22.5 Å². The number of benzene rings is 3. The van der Waals surface area contributed by atoms with E-state index in [0.29, 0.717) is 33.8 Å². The standard InChI is InChI=1S/C30H25N3O3S/c1-4-17-36-26-8-6-5-7-22(26)18-27-29(35)33(24-15-11-21(3)12-16-24)30(37-27)25(19-31)28(34)32-23-13-9-20(2)10-14-23/h4-16,18H,1,17H2,2-3H3,(H,32,34)/b27-18+,30-25-. The molecule has 0 saturated carbocycles. The van der Waals surface area contributed by atoms with Crippen LogP contribution in [0.1, 0.15) is 16.7 Å². The van der Waals surface area contributed by atoms with Crippen molar-refractivity contribution >= 4 is 34.6 Å². The number of carbonyl (C=O) groups excluding carboxylic acids is 1. The second-order valence-corrected chi connectivity index (χ2v) is 9.37. The molecule has 1 N–H and O–H groups in total. The van der Waals surface area contributed by atoms with Crippen LogP contribution in [-0.4, -0.2) is 17.1 Å². The van der Waals surface area contributed by atoms with E-state index in [1.54, 1.807) is 36.4 Å². The quantitative estimate of drug-likeness (QED) is 0.380. The summed E-state index contributed by atoms with van der Waals surface area (Å²) in [7, 11) is 0. The molecule has 1 heterocycles. The molecule has 1 amide bonds. The van der Waals surface area contributed by atoms with Gasteiger partial charge in [0.15, 0.2) is 5.57 Å². The van der Waals surface area contributed by atoms with Crippen LogP contribution in [0.2, 0.25) is 0 Å². The molecule has 0 unspecified atom stereocenters. The summed E-state index contributed by atoms with van der Waals surface area (Å²) in [5.74, 6) is 0.00923. The van der Waals surface area contributed by atoms with E-state index in [4.69, 9.17) is 4.74 Å². The van der Waals surface area contributed by atoms with Gasteiger partial charge in [0.25, 0.3) is 11.5 Å². The number of aromatic nitrogens is 1. The largest absolute Gasteiger partial charge is 0.489 e. The zero-order valence-corrected chi connectivity index (χ0v) is 21.3. The summed E-state index contributed by atoms with van der Waals surface area (Å²) in [4.78, 5) is 26.9. The molecule has 0 spiro atoms. The van der Waals surface area contributed by atoms with Crippen molar-refractivity contribution in [3.63, 3.8) is 0 Å². The maximum Gasteiger partial charge on any atom is 0.273 e. The smallest absolute Gasteiger partial charge is 0.273 e. The maximum atomic E-state index is 13.7. The minimum atomic E-state index is -0.588. The monoisotopic (exact) mass is 507 g/mol. The van der Waals surface area contributed by atoms with Crippen LogP contribution in [0.4, 0.5) is 5.69 Å². The van der Waals surface area contributed by atoms with Crippen molar-refractivity contribution in [1.82, 2.24) is 4.57 Å². The first-order chi connectivity index (χ1) is 17.9. The number of hydrogen-bond donors (Lipinski definition) is 1. The van der Waals surface area contributed by atoms with Gasteiger partial charge in [0.1, 0.15) is 23.1 Å². The number of hydrogen-bond acceptors (Lipinski definition) is 5. The third-order valence-electron chi connectivity index (χ3n) is 5.54. The first kappa shape index (κ1) is 25.4. The number of carbonyl (C=O) groups is 1. The highest BCUT2D eigenvalue weighted by atomic mass is 32.1. The zero-order valence-electron chi connectivity index (χ0n) is 20.5. The van der Waals surface area contributed by atoms with Gasteiger partial charge in [-0.2, -0.15) is 5.26 Å². The number of thiazole rings is 1. The van der Waals surface area contributed by atoms with Crippen molar-refractivity contribution in [3.8, 4) is 17.5 Å². The summed E-state index contributed by atoms with van der Waals surface area (Å²) in [6, 6.07) is 24.0. The number of aryl methyl sites for hydroxylation is 2. The highest BCUT2D eigenvalue weighted by molar-refractivity contribution is 7.07. The number of nitrogens with zero attached hydrogens (tertiary/aromatic N) is 2. The Bertz CT molecular complexity index is 1670. The fourth-order valence-electron chi connectivity index (χ4n) is 3.63. The molecule has 3 aromatic carbocycles. The lowest BCUT2D eigenvalue weighted by Crippen LogP contribution is -2.32. The lowest BCUT2D eigenvalue weighted by molar-refractivity contribution is -0.111. The SMILES string of the molecule is C=CCOc1ccccc1/C=c1/s/c(=C(/C#N)C(=O)Nc2ccc(C)cc2)n(-c2ccc(C)cc2)c1=O. The van der Waals surface area contributed by atoms with Gasteiger partial charge in [-0.25, -0.2) is 0 Å². The number of anilines is 1. The fourth-order valence-corrected chi connectivity index (χ4v) is 4.72. The van der Waals surface area contributed by atoms with Crippen LogP contribution in [-0.2, 0) is 4.79 Å². The highest BCUT2D eigenvalue weighted by Crippen LogP contribution is 2.18. The second kappa shape index (κ2) is 11.4. The van der Waals surface area contributed by atoms with Gasteiger partial charge >= 0.3 is 0 Å². The van der Waals surface area contributed by atoms with E-state index in [1.807, 2.05) is 68.4 Å². The van der Waals surface area contributed by atoms with E-state index in [-0.39, 0.29) is 15.8 Å². The average molecular weight is 508 g/mol. The van der Waals surface area contributed by atoms with Crippen molar-refractivity contribution < 1.29 is 9.53 Å². The van der Waals surface area contributed by atoms with Gasteiger partial charge in [0, 0.05) is 11.3 Å². The van der Waals surface area contributed by atoms with Crippen molar-refractivity contribution in [2.24, 2.45) is 0 Å². The van der Waals surface area contributed by atoms with Crippen LogP contribution < -0.4 is 24.8 Å². The molecule has 0 aliphatic heterocycles. The van der Waals surface area contributed by atoms with Crippen LogP contribution in [0.5, 0.6) is 5.75 Å². The minimum Gasteiger partial charge on any atom is -0.489 e. The molecule has 0 bridgehead atoms. The van der Waals surface area contributed by atoms with Gasteiger partial charge in [0.05, 0.1) is 10.2 Å². The number of rotatable bonds is 7. The van der Waals surface area contributed by atoms with Gasteiger partial charge in [-0.05, 0) is 50.3 Å². The van der Waals surface area contributed by atoms with Crippen LogP contribution in [0.15, 0.2) is 90.2 Å². The molecule has 0 aliphatic carbocycles. The summed E-state index contributed by atoms with van der Waals surface area (Å²) < 4.78 is 7.76. The molecule has 4 rings (SSSR count). The Kier molecular flexibility index (Phi) is 7.82. The fraction of sp³-hybridized carbons (Fsp3) is 0.100. The van der Waals surface area contributed by atoms with Crippen molar-refractivity contribution in [3.05, 3.63) is 122 Å². The molecule has 0 saturated heterocycles. The molecule has 0 atom stereocenters. The first-order valence-electron chi connectivity index (χ1n) is 11.6. The molecule has 37 heavy (non-hydrogen) atoms. The number of ether oxygens (including phenoxy) is 1. The van der Waals surface area contributed by atoms with Crippen LogP contribution in [0.25, 0.3) is 17.3 Å². The van der Waals surface area contributed by atoms with E-state index in [2.05, 4.69) is 11.9 Å². The minimum absolute atomic E-state index is 0.154. The number of amides is 1. The van der Waals surface area contributed by atoms with Gasteiger partial charge < -0.3 is 10.1 Å². The number of nitriles is 1. The normalized spacial score (nSPS) is 12.0. The average Bonchev–Trinajstić information content (AvgIpc) is 3.21. The third kappa shape index (κ3) is 5.77. The van der Waals surface area contributed by atoms with Gasteiger partial charge in [-0.15, -0.1) is 11.3 Å². The molecular weight excluding hydrogens is 482 g/mol. The number of nitrogens with one attached hydrogen (secondary N) is 1. The topological polar surface area (TPSA) is 84.1 Å². The lowest BCUT2D eigenvalue weighted by atomic mass is 10.2. The summed E-state index contributed by atoms with van der Waals surface area (Å²) in [5.41, 5.74) is 3.41. The van der Waals surface area contributed by atoms with Crippen LogP contribution in [0, 0.1) is 25.2 Å². The molecule has 1 aromatic heterocycles. The van der Waals surface area contributed by atoms with Crippen molar-refractivity contribution in [2.45, 2.75) is 13.8 Å². The summed E-state index contributed by atoms with van der Waals surface area (Å²) in [5, 5.41) is 12.8.